The summed E-state index contributed by atoms with van der Waals surface area (Å²) < 4.78 is 5.30. The van der Waals surface area contributed by atoms with Crippen molar-refractivity contribution in [1.82, 2.24) is 5.32 Å². The van der Waals surface area contributed by atoms with Crippen LogP contribution in [-0.4, -0.2) is 31.2 Å². The summed E-state index contributed by atoms with van der Waals surface area (Å²) in [6.45, 7) is 7.19. The Kier molecular flexibility index (Phi) is 6.54. The number of amides is 1. The van der Waals surface area contributed by atoms with Gasteiger partial charge in [0.15, 0.2) is 0 Å². The number of ether oxygens (including phenoxy) is 1. The predicted molar refractivity (Wildman–Crippen MR) is 52.4 cm³/mol. The smallest absolute Gasteiger partial charge is 0.234 e. The third-order valence-electron chi connectivity index (χ3n) is 1.85. The van der Waals surface area contributed by atoms with Crippen molar-refractivity contribution in [2.75, 3.05) is 13.2 Å². The lowest BCUT2D eigenvalue weighted by molar-refractivity contribution is -0.120. The molecule has 1 amide bonds. The van der Waals surface area contributed by atoms with Crippen molar-refractivity contribution < 1.29 is 9.53 Å². The fourth-order valence-electron chi connectivity index (χ4n) is 1.10. The minimum atomic E-state index is -0.300. The number of nitrogens with one attached hydrogen (secondary N) is 1. The lowest BCUT2D eigenvalue weighted by atomic mass is 10.2. The molecule has 0 aromatic carbocycles. The number of carbonyl (C=O) groups excluding carboxylic acids is 1. The molecule has 0 aliphatic rings. The molecule has 0 aromatic rings. The van der Waals surface area contributed by atoms with Gasteiger partial charge in [0.1, 0.15) is 0 Å². The van der Waals surface area contributed by atoms with Crippen LogP contribution in [0.3, 0.4) is 0 Å². The molecule has 0 heterocycles. The number of rotatable bonds is 7. The zero-order chi connectivity index (χ0) is 10.3. The maximum Gasteiger partial charge on any atom is 0.234 e. The average molecular weight is 188 g/mol. The van der Waals surface area contributed by atoms with Crippen molar-refractivity contribution in [1.29, 1.82) is 0 Å². The van der Waals surface area contributed by atoms with Gasteiger partial charge in [-0.25, -0.2) is 0 Å². The maximum absolute atomic E-state index is 10.8. The molecule has 0 aliphatic carbocycles. The molecule has 0 spiro atoms. The Morgan fingerprint density at radius 2 is 2.15 bits per heavy atom. The van der Waals surface area contributed by atoms with Crippen LogP contribution < -0.4 is 11.1 Å². The van der Waals surface area contributed by atoms with Crippen molar-refractivity contribution in [3.8, 4) is 0 Å². The molecule has 0 aliphatic heterocycles. The van der Waals surface area contributed by atoms with Gasteiger partial charge in [0, 0.05) is 13.2 Å². The molecule has 0 radical (unpaired) electrons. The fraction of sp³-hybridized carbons (Fsp3) is 0.889. The summed E-state index contributed by atoms with van der Waals surface area (Å²) in [6.07, 6.45) is 0.840. The van der Waals surface area contributed by atoms with E-state index in [1.54, 1.807) is 0 Å². The number of carbonyl (C=O) groups is 1. The van der Waals surface area contributed by atoms with Crippen LogP contribution in [0.1, 0.15) is 27.2 Å². The Balaban J connectivity index is 3.65. The lowest BCUT2D eigenvalue weighted by Gasteiger charge is -2.17. The Morgan fingerprint density at radius 3 is 2.54 bits per heavy atom. The van der Waals surface area contributed by atoms with Crippen molar-refractivity contribution in [3.05, 3.63) is 0 Å². The van der Waals surface area contributed by atoms with E-state index in [9.17, 15) is 4.79 Å². The molecule has 0 bridgehead atoms. The van der Waals surface area contributed by atoms with Gasteiger partial charge in [-0.05, 0) is 20.3 Å². The molecular formula is C9H20N2O2. The van der Waals surface area contributed by atoms with Crippen LogP contribution in [0.4, 0.5) is 0 Å². The van der Waals surface area contributed by atoms with E-state index in [1.165, 1.54) is 0 Å². The first-order valence-electron chi connectivity index (χ1n) is 4.76. The van der Waals surface area contributed by atoms with E-state index >= 15 is 0 Å². The molecule has 13 heavy (non-hydrogen) atoms. The second-order valence-electron chi connectivity index (χ2n) is 3.04. The van der Waals surface area contributed by atoms with Crippen molar-refractivity contribution in [2.24, 2.45) is 5.73 Å². The maximum atomic E-state index is 10.8. The van der Waals surface area contributed by atoms with E-state index in [2.05, 4.69) is 5.32 Å². The number of hydrogen-bond donors (Lipinski definition) is 2. The van der Waals surface area contributed by atoms with E-state index < -0.39 is 0 Å². The SMILES string of the molecule is CCOC(C)CNC(CC)C(N)=O. The van der Waals surface area contributed by atoms with Crippen LogP contribution >= 0.6 is 0 Å². The Morgan fingerprint density at radius 1 is 1.54 bits per heavy atom. The van der Waals surface area contributed by atoms with Gasteiger partial charge in [0.25, 0.3) is 0 Å². The van der Waals surface area contributed by atoms with Crippen LogP contribution in [0.5, 0.6) is 0 Å². The standard InChI is InChI=1S/C9H20N2O2/c1-4-8(9(10)12)11-6-7(3)13-5-2/h7-8,11H,4-6H2,1-3H3,(H2,10,12). The molecule has 0 saturated heterocycles. The van der Waals surface area contributed by atoms with Crippen LogP contribution in [0.15, 0.2) is 0 Å². The second-order valence-corrected chi connectivity index (χ2v) is 3.04. The lowest BCUT2D eigenvalue weighted by Crippen LogP contribution is -2.43. The van der Waals surface area contributed by atoms with Crippen LogP contribution in [0.2, 0.25) is 0 Å². The van der Waals surface area contributed by atoms with Gasteiger partial charge in [0.2, 0.25) is 5.91 Å². The quantitative estimate of drug-likeness (QED) is 0.602. The first-order chi connectivity index (χ1) is 6.11. The van der Waals surface area contributed by atoms with E-state index in [0.29, 0.717) is 19.6 Å². The number of hydrogen-bond acceptors (Lipinski definition) is 3. The van der Waals surface area contributed by atoms with Gasteiger partial charge in [0.05, 0.1) is 12.1 Å². The van der Waals surface area contributed by atoms with Crippen molar-refractivity contribution in [3.63, 3.8) is 0 Å². The van der Waals surface area contributed by atoms with Gasteiger partial charge in [-0.3, -0.25) is 4.79 Å². The third-order valence-corrected chi connectivity index (χ3v) is 1.85. The molecule has 0 saturated carbocycles. The summed E-state index contributed by atoms with van der Waals surface area (Å²) >= 11 is 0. The van der Waals surface area contributed by atoms with Crippen LogP contribution in [-0.2, 0) is 9.53 Å². The van der Waals surface area contributed by atoms with E-state index in [4.69, 9.17) is 10.5 Å². The van der Waals surface area contributed by atoms with Gasteiger partial charge < -0.3 is 15.8 Å². The number of nitrogens with two attached hydrogens (primary N) is 1. The summed E-state index contributed by atoms with van der Waals surface area (Å²) in [5, 5.41) is 3.05. The highest BCUT2D eigenvalue weighted by molar-refractivity contribution is 5.79. The van der Waals surface area contributed by atoms with Gasteiger partial charge >= 0.3 is 0 Å². The monoisotopic (exact) mass is 188 g/mol. The summed E-state index contributed by atoms with van der Waals surface area (Å²) in [5.74, 6) is -0.300. The third kappa shape index (κ3) is 5.60. The van der Waals surface area contributed by atoms with E-state index in [1.807, 2.05) is 20.8 Å². The highest BCUT2D eigenvalue weighted by Crippen LogP contribution is 1.92. The minimum Gasteiger partial charge on any atom is -0.377 e. The summed E-state index contributed by atoms with van der Waals surface area (Å²) in [6, 6.07) is -0.233. The highest BCUT2D eigenvalue weighted by atomic mass is 16.5. The largest absolute Gasteiger partial charge is 0.377 e. The summed E-state index contributed by atoms with van der Waals surface area (Å²) in [5.41, 5.74) is 5.17. The predicted octanol–water partition coefficient (Wildman–Crippen LogP) is 0.265. The van der Waals surface area contributed by atoms with Crippen LogP contribution in [0.25, 0.3) is 0 Å². The van der Waals surface area contributed by atoms with Crippen LogP contribution in [0, 0.1) is 0 Å². The average Bonchev–Trinajstić information content (AvgIpc) is 2.05. The number of primary amides is 1. The first-order valence-corrected chi connectivity index (χ1v) is 4.76. The Labute approximate surface area is 79.8 Å². The topological polar surface area (TPSA) is 64.3 Å². The van der Waals surface area contributed by atoms with Crippen molar-refractivity contribution in [2.45, 2.75) is 39.3 Å². The normalized spacial score (nSPS) is 15.3. The van der Waals surface area contributed by atoms with Gasteiger partial charge in [-0.2, -0.15) is 0 Å². The van der Waals surface area contributed by atoms with Gasteiger partial charge in [-0.15, -0.1) is 0 Å². The molecule has 3 N–H and O–H groups in total. The first kappa shape index (κ1) is 12.4. The molecule has 0 rings (SSSR count). The molecule has 4 nitrogen and oxygen atoms in total. The fourth-order valence-corrected chi connectivity index (χ4v) is 1.10. The van der Waals surface area contributed by atoms with Crippen molar-refractivity contribution >= 4 is 5.91 Å². The second kappa shape index (κ2) is 6.86. The minimum absolute atomic E-state index is 0.124. The summed E-state index contributed by atoms with van der Waals surface area (Å²) in [4.78, 5) is 10.8. The zero-order valence-electron chi connectivity index (χ0n) is 8.67. The Bertz CT molecular complexity index is 151. The molecule has 2 atom stereocenters. The van der Waals surface area contributed by atoms with E-state index in [-0.39, 0.29) is 18.1 Å². The molecule has 78 valence electrons. The Hall–Kier alpha value is -0.610. The molecule has 2 unspecified atom stereocenters. The summed E-state index contributed by atoms with van der Waals surface area (Å²) in [7, 11) is 0. The molecule has 0 fully saturated rings. The van der Waals surface area contributed by atoms with E-state index in [0.717, 1.165) is 0 Å². The molecular weight excluding hydrogens is 168 g/mol. The zero-order valence-corrected chi connectivity index (χ0v) is 8.67. The highest BCUT2D eigenvalue weighted by Gasteiger charge is 2.12. The van der Waals surface area contributed by atoms with Gasteiger partial charge in [-0.1, -0.05) is 6.92 Å². The molecule has 4 heteroatoms. The molecule has 0 aromatic heterocycles.